The van der Waals surface area contributed by atoms with Gasteiger partial charge in [-0.15, -0.1) is 0 Å². The molecule has 0 N–H and O–H groups in total. The maximum absolute atomic E-state index is 13.0. The van der Waals surface area contributed by atoms with E-state index in [4.69, 9.17) is 23.2 Å². The number of hydrogen-bond acceptors (Lipinski definition) is 3. The lowest BCUT2D eigenvalue weighted by Crippen LogP contribution is -2.50. The monoisotopic (exact) mass is 454 g/mol. The van der Waals surface area contributed by atoms with Gasteiger partial charge >= 0.3 is 0 Å². The normalized spacial score (nSPS) is 16.1. The topological polar surface area (TPSA) is 57.7 Å². The minimum absolute atomic E-state index is 0.0428. The van der Waals surface area contributed by atoms with Gasteiger partial charge < -0.3 is 4.90 Å². The Morgan fingerprint density at radius 2 is 1.48 bits per heavy atom. The van der Waals surface area contributed by atoms with Gasteiger partial charge in [0.25, 0.3) is 5.91 Å². The van der Waals surface area contributed by atoms with E-state index in [2.05, 4.69) is 20.8 Å². The molecule has 0 aromatic heterocycles. The van der Waals surface area contributed by atoms with Crippen molar-refractivity contribution in [2.75, 3.05) is 26.2 Å². The molecule has 1 fully saturated rings. The van der Waals surface area contributed by atoms with Crippen molar-refractivity contribution < 1.29 is 13.2 Å². The number of carbonyl (C=O) groups is 1. The summed E-state index contributed by atoms with van der Waals surface area (Å²) in [5, 5.41) is 0.703. The lowest BCUT2D eigenvalue weighted by atomic mass is 9.87. The smallest absolute Gasteiger partial charge is 0.253 e. The molecule has 2 aromatic rings. The number of nitrogens with zero attached hydrogens (tertiary/aromatic N) is 2. The summed E-state index contributed by atoms with van der Waals surface area (Å²) >= 11 is 11.9. The second-order valence-electron chi connectivity index (χ2n) is 8.10. The largest absolute Gasteiger partial charge is 0.336 e. The molecule has 0 atom stereocenters. The van der Waals surface area contributed by atoms with E-state index < -0.39 is 10.0 Å². The summed E-state index contributed by atoms with van der Waals surface area (Å²) in [5.41, 5.74) is 1.47. The van der Waals surface area contributed by atoms with E-state index in [0.29, 0.717) is 28.7 Å². The maximum Gasteiger partial charge on any atom is 0.253 e. The molecule has 5 nitrogen and oxygen atoms in total. The average molecular weight is 455 g/mol. The molecule has 0 saturated carbocycles. The molecule has 1 amide bonds. The van der Waals surface area contributed by atoms with Crippen molar-refractivity contribution in [3.05, 3.63) is 63.6 Å². The minimum Gasteiger partial charge on any atom is -0.336 e. The molecule has 0 aliphatic carbocycles. The maximum atomic E-state index is 13.0. The Balaban J connectivity index is 1.69. The highest BCUT2D eigenvalue weighted by molar-refractivity contribution is 7.89. The van der Waals surface area contributed by atoms with E-state index >= 15 is 0 Å². The Labute approximate surface area is 182 Å². The molecule has 0 spiro atoms. The molecular weight excluding hydrogens is 431 g/mol. The summed E-state index contributed by atoms with van der Waals surface area (Å²) < 4.78 is 27.4. The van der Waals surface area contributed by atoms with Crippen LogP contribution in [0.3, 0.4) is 0 Å². The van der Waals surface area contributed by atoms with Crippen molar-refractivity contribution >= 4 is 39.1 Å². The highest BCUT2D eigenvalue weighted by Crippen LogP contribution is 2.26. The lowest BCUT2D eigenvalue weighted by molar-refractivity contribution is 0.0698. The van der Waals surface area contributed by atoms with Gasteiger partial charge in [0.2, 0.25) is 10.0 Å². The molecule has 29 heavy (non-hydrogen) atoms. The fourth-order valence-corrected chi connectivity index (χ4v) is 4.94. The first-order chi connectivity index (χ1) is 13.5. The van der Waals surface area contributed by atoms with Crippen molar-refractivity contribution in [1.82, 2.24) is 9.21 Å². The molecule has 0 bridgehead atoms. The Morgan fingerprint density at radius 1 is 0.897 bits per heavy atom. The van der Waals surface area contributed by atoms with Crippen molar-refractivity contribution in [2.45, 2.75) is 31.1 Å². The van der Waals surface area contributed by atoms with Crippen molar-refractivity contribution in [2.24, 2.45) is 0 Å². The molecule has 1 heterocycles. The van der Waals surface area contributed by atoms with Crippen LogP contribution in [-0.2, 0) is 15.4 Å². The van der Waals surface area contributed by atoms with Crippen LogP contribution in [0.5, 0.6) is 0 Å². The fraction of sp³-hybridized carbons (Fsp3) is 0.381. The minimum atomic E-state index is -3.59. The van der Waals surface area contributed by atoms with Crippen LogP contribution >= 0.6 is 23.2 Å². The molecule has 2 aromatic carbocycles. The first kappa shape index (κ1) is 22.1. The standard InChI is InChI=1S/C21H24Cl2N2O3S/c1-21(2,3)16-5-7-17(8-6-16)29(27,28)25-12-10-24(11-13-25)20(26)15-4-9-18(22)19(23)14-15/h4-9,14H,10-13H2,1-3H3. The van der Waals surface area contributed by atoms with E-state index in [9.17, 15) is 13.2 Å². The summed E-state index contributed by atoms with van der Waals surface area (Å²) in [5.74, 6) is -0.185. The molecule has 156 valence electrons. The molecule has 1 aliphatic rings. The highest BCUT2D eigenvalue weighted by atomic mass is 35.5. The number of amides is 1. The van der Waals surface area contributed by atoms with Gasteiger partial charge in [-0.25, -0.2) is 8.42 Å². The van der Waals surface area contributed by atoms with Gasteiger partial charge in [-0.2, -0.15) is 4.31 Å². The summed E-state index contributed by atoms with van der Waals surface area (Å²) in [4.78, 5) is 14.6. The third-order valence-electron chi connectivity index (χ3n) is 5.05. The molecular formula is C21H24Cl2N2O3S. The predicted molar refractivity (Wildman–Crippen MR) is 116 cm³/mol. The second-order valence-corrected chi connectivity index (χ2v) is 10.9. The Kier molecular flexibility index (Phi) is 6.30. The number of halogens is 2. The van der Waals surface area contributed by atoms with Gasteiger partial charge in [-0.3, -0.25) is 4.79 Å². The zero-order valence-corrected chi connectivity index (χ0v) is 19.0. The van der Waals surface area contributed by atoms with E-state index in [0.717, 1.165) is 5.56 Å². The highest BCUT2D eigenvalue weighted by Gasteiger charge is 2.30. The number of carbonyl (C=O) groups excluding carboxylic acids is 1. The lowest BCUT2D eigenvalue weighted by Gasteiger charge is -2.34. The van der Waals surface area contributed by atoms with Crippen LogP contribution in [-0.4, -0.2) is 49.7 Å². The average Bonchev–Trinajstić information content (AvgIpc) is 2.69. The Morgan fingerprint density at radius 3 is 2.00 bits per heavy atom. The summed E-state index contributed by atoms with van der Waals surface area (Å²) in [6, 6.07) is 11.8. The van der Waals surface area contributed by atoms with Crippen LogP contribution in [0.2, 0.25) is 10.0 Å². The molecule has 1 aliphatic heterocycles. The zero-order valence-electron chi connectivity index (χ0n) is 16.7. The van der Waals surface area contributed by atoms with E-state index in [-0.39, 0.29) is 29.3 Å². The number of hydrogen-bond donors (Lipinski definition) is 0. The van der Waals surface area contributed by atoms with Crippen LogP contribution in [0.15, 0.2) is 47.4 Å². The van der Waals surface area contributed by atoms with E-state index in [1.54, 1.807) is 29.2 Å². The van der Waals surface area contributed by atoms with Gasteiger partial charge in [0, 0.05) is 31.7 Å². The number of benzene rings is 2. The fourth-order valence-electron chi connectivity index (χ4n) is 3.22. The number of piperazine rings is 1. The Bertz CT molecular complexity index is 1010. The summed E-state index contributed by atoms with van der Waals surface area (Å²) in [6.07, 6.45) is 0. The molecule has 8 heteroatoms. The van der Waals surface area contributed by atoms with Gasteiger partial charge in [0.15, 0.2) is 0 Å². The first-order valence-corrected chi connectivity index (χ1v) is 11.5. The third kappa shape index (κ3) is 4.77. The van der Waals surface area contributed by atoms with Crippen LogP contribution in [0, 0.1) is 0 Å². The van der Waals surface area contributed by atoms with Gasteiger partial charge in [-0.1, -0.05) is 56.1 Å². The quantitative estimate of drug-likeness (QED) is 0.688. The van der Waals surface area contributed by atoms with Crippen molar-refractivity contribution in [1.29, 1.82) is 0 Å². The van der Waals surface area contributed by atoms with Crippen LogP contribution < -0.4 is 0 Å². The van der Waals surface area contributed by atoms with Crippen LogP contribution in [0.25, 0.3) is 0 Å². The van der Waals surface area contributed by atoms with Gasteiger partial charge in [0.1, 0.15) is 0 Å². The predicted octanol–water partition coefficient (Wildman–Crippen LogP) is 4.44. The molecule has 3 rings (SSSR count). The Hall–Kier alpha value is -1.60. The van der Waals surface area contributed by atoms with Crippen LogP contribution in [0.1, 0.15) is 36.7 Å². The van der Waals surface area contributed by atoms with E-state index in [1.807, 2.05) is 12.1 Å². The molecule has 0 radical (unpaired) electrons. The summed E-state index contributed by atoms with van der Waals surface area (Å²) in [6.45, 7) is 7.38. The second kappa shape index (κ2) is 8.26. The van der Waals surface area contributed by atoms with Gasteiger partial charge in [0.05, 0.1) is 14.9 Å². The molecule has 0 unspecified atom stereocenters. The van der Waals surface area contributed by atoms with Gasteiger partial charge in [-0.05, 0) is 41.3 Å². The van der Waals surface area contributed by atoms with Crippen molar-refractivity contribution in [3.63, 3.8) is 0 Å². The van der Waals surface area contributed by atoms with E-state index in [1.165, 1.54) is 10.4 Å². The number of sulfonamides is 1. The third-order valence-corrected chi connectivity index (χ3v) is 7.70. The molecule has 1 saturated heterocycles. The zero-order chi connectivity index (χ0) is 21.4. The number of rotatable bonds is 3. The van der Waals surface area contributed by atoms with Crippen LogP contribution in [0.4, 0.5) is 0 Å². The first-order valence-electron chi connectivity index (χ1n) is 9.35. The summed E-state index contributed by atoms with van der Waals surface area (Å²) in [7, 11) is -3.59. The SMILES string of the molecule is CC(C)(C)c1ccc(S(=O)(=O)N2CCN(C(=O)c3ccc(Cl)c(Cl)c3)CC2)cc1. The van der Waals surface area contributed by atoms with Crippen molar-refractivity contribution in [3.8, 4) is 0 Å².